The molecule has 0 aliphatic heterocycles. The van der Waals surface area contributed by atoms with Gasteiger partial charge in [-0.25, -0.2) is 4.39 Å². The smallest absolute Gasteiger partial charge is 0.303 e. The predicted octanol–water partition coefficient (Wildman–Crippen LogP) is 2.56. The monoisotopic (exact) mass is 239 g/mol. The Morgan fingerprint density at radius 1 is 1.18 bits per heavy atom. The van der Waals surface area contributed by atoms with Crippen LogP contribution in [0.5, 0.6) is 0 Å². The second-order valence-electron chi connectivity index (χ2n) is 4.01. The van der Waals surface area contributed by atoms with Crippen molar-refractivity contribution in [3.8, 4) is 0 Å². The normalized spacial score (nSPS) is 10.4. The fourth-order valence-electron chi connectivity index (χ4n) is 1.54. The molecule has 1 aromatic carbocycles. The number of nitrogens with one attached hydrogen (secondary N) is 1. The van der Waals surface area contributed by atoms with Crippen molar-refractivity contribution in [2.45, 2.75) is 32.2 Å². The van der Waals surface area contributed by atoms with Crippen LogP contribution in [0.4, 0.5) is 4.39 Å². The molecule has 3 nitrogen and oxygen atoms in total. The molecule has 0 spiro atoms. The van der Waals surface area contributed by atoms with Gasteiger partial charge in [0, 0.05) is 13.0 Å². The Morgan fingerprint density at radius 2 is 1.88 bits per heavy atom. The molecule has 0 aliphatic carbocycles. The van der Waals surface area contributed by atoms with Crippen molar-refractivity contribution in [2.75, 3.05) is 6.54 Å². The standard InChI is InChI=1S/C13H18FNO2/c14-12-7-5-11(6-8-12)10-15-9-3-1-2-4-13(16)17/h5-8,15H,1-4,9-10H2,(H,16,17). The summed E-state index contributed by atoms with van der Waals surface area (Å²) < 4.78 is 12.6. The largest absolute Gasteiger partial charge is 0.481 e. The van der Waals surface area contributed by atoms with E-state index in [4.69, 9.17) is 5.11 Å². The summed E-state index contributed by atoms with van der Waals surface area (Å²) in [6, 6.07) is 6.41. The molecule has 1 rings (SSSR count). The molecule has 4 heteroatoms. The van der Waals surface area contributed by atoms with Gasteiger partial charge in [0.05, 0.1) is 0 Å². The van der Waals surface area contributed by atoms with Crippen LogP contribution >= 0.6 is 0 Å². The number of carboxylic acids is 1. The summed E-state index contributed by atoms with van der Waals surface area (Å²) in [5, 5.41) is 11.7. The van der Waals surface area contributed by atoms with Crippen molar-refractivity contribution in [1.29, 1.82) is 0 Å². The quantitative estimate of drug-likeness (QED) is 0.685. The van der Waals surface area contributed by atoms with Gasteiger partial charge in [-0.15, -0.1) is 0 Å². The fourth-order valence-corrected chi connectivity index (χ4v) is 1.54. The number of halogens is 1. The first kappa shape index (κ1) is 13.6. The highest BCUT2D eigenvalue weighted by Crippen LogP contribution is 2.03. The third-order valence-electron chi connectivity index (χ3n) is 2.49. The number of hydrogen-bond acceptors (Lipinski definition) is 2. The van der Waals surface area contributed by atoms with Crippen molar-refractivity contribution < 1.29 is 14.3 Å². The van der Waals surface area contributed by atoms with Gasteiger partial charge in [0.1, 0.15) is 5.82 Å². The highest BCUT2D eigenvalue weighted by molar-refractivity contribution is 5.66. The molecular formula is C13H18FNO2. The predicted molar refractivity (Wildman–Crippen MR) is 64.2 cm³/mol. The third-order valence-corrected chi connectivity index (χ3v) is 2.49. The van der Waals surface area contributed by atoms with Gasteiger partial charge in [0.25, 0.3) is 0 Å². The van der Waals surface area contributed by atoms with Gasteiger partial charge in [-0.3, -0.25) is 4.79 Å². The molecule has 0 aliphatic rings. The lowest BCUT2D eigenvalue weighted by atomic mass is 10.2. The SMILES string of the molecule is O=C(O)CCCCCNCc1ccc(F)cc1. The summed E-state index contributed by atoms with van der Waals surface area (Å²) in [5.74, 6) is -0.952. The summed E-state index contributed by atoms with van der Waals surface area (Å²) in [6.45, 7) is 1.58. The average molecular weight is 239 g/mol. The van der Waals surface area contributed by atoms with Gasteiger partial charge in [-0.05, 0) is 37.1 Å². The molecule has 0 aromatic heterocycles. The number of benzene rings is 1. The summed E-state index contributed by atoms with van der Waals surface area (Å²) >= 11 is 0. The van der Waals surface area contributed by atoms with Gasteiger partial charge in [0.2, 0.25) is 0 Å². The van der Waals surface area contributed by atoms with Crippen LogP contribution in [0.1, 0.15) is 31.2 Å². The Bertz CT molecular complexity index is 338. The van der Waals surface area contributed by atoms with Crippen LogP contribution in [0.25, 0.3) is 0 Å². The minimum absolute atomic E-state index is 0.220. The maximum Gasteiger partial charge on any atom is 0.303 e. The number of carbonyl (C=O) groups is 1. The number of rotatable bonds is 8. The van der Waals surface area contributed by atoms with E-state index in [-0.39, 0.29) is 12.2 Å². The van der Waals surface area contributed by atoms with Crippen LogP contribution in [-0.2, 0) is 11.3 Å². The Morgan fingerprint density at radius 3 is 2.53 bits per heavy atom. The van der Waals surface area contributed by atoms with Crippen molar-refractivity contribution in [1.82, 2.24) is 5.32 Å². The van der Waals surface area contributed by atoms with Crippen LogP contribution in [0.2, 0.25) is 0 Å². The van der Waals surface area contributed by atoms with Crippen molar-refractivity contribution in [2.24, 2.45) is 0 Å². The second-order valence-corrected chi connectivity index (χ2v) is 4.01. The van der Waals surface area contributed by atoms with Crippen LogP contribution in [0.15, 0.2) is 24.3 Å². The number of aliphatic carboxylic acids is 1. The van der Waals surface area contributed by atoms with Crippen molar-refractivity contribution in [3.63, 3.8) is 0 Å². The first-order valence-electron chi connectivity index (χ1n) is 5.85. The molecule has 0 radical (unpaired) electrons. The molecule has 0 amide bonds. The molecule has 0 heterocycles. The van der Waals surface area contributed by atoms with Crippen LogP contribution < -0.4 is 5.32 Å². The lowest BCUT2D eigenvalue weighted by Gasteiger charge is -2.04. The number of hydrogen-bond donors (Lipinski definition) is 2. The highest BCUT2D eigenvalue weighted by atomic mass is 19.1. The van der Waals surface area contributed by atoms with Gasteiger partial charge in [-0.1, -0.05) is 18.6 Å². The molecule has 17 heavy (non-hydrogen) atoms. The molecule has 0 unspecified atom stereocenters. The fraction of sp³-hybridized carbons (Fsp3) is 0.462. The van der Waals surface area contributed by atoms with E-state index in [1.54, 1.807) is 12.1 Å². The van der Waals surface area contributed by atoms with E-state index in [0.717, 1.165) is 37.9 Å². The summed E-state index contributed by atoms with van der Waals surface area (Å²) in [5.41, 5.74) is 1.05. The lowest BCUT2D eigenvalue weighted by molar-refractivity contribution is -0.137. The van der Waals surface area contributed by atoms with Crippen LogP contribution in [0.3, 0.4) is 0 Å². The maximum atomic E-state index is 12.6. The molecule has 0 bridgehead atoms. The van der Waals surface area contributed by atoms with Gasteiger partial charge >= 0.3 is 5.97 Å². The Balaban J connectivity index is 2.01. The molecule has 94 valence electrons. The summed E-state index contributed by atoms with van der Waals surface area (Å²) in [7, 11) is 0. The van der Waals surface area contributed by atoms with Gasteiger partial charge in [0.15, 0.2) is 0 Å². The van der Waals surface area contributed by atoms with E-state index in [1.807, 2.05) is 0 Å². The molecule has 2 N–H and O–H groups in total. The lowest BCUT2D eigenvalue weighted by Crippen LogP contribution is -2.14. The zero-order valence-corrected chi connectivity index (χ0v) is 9.79. The van der Waals surface area contributed by atoms with Crippen molar-refractivity contribution in [3.05, 3.63) is 35.6 Å². The van der Waals surface area contributed by atoms with Gasteiger partial charge in [-0.2, -0.15) is 0 Å². The molecule has 0 fully saturated rings. The average Bonchev–Trinajstić information content (AvgIpc) is 2.30. The van der Waals surface area contributed by atoms with Crippen LogP contribution in [-0.4, -0.2) is 17.6 Å². The number of carboxylic acid groups (broad SMARTS) is 1. The first-order valence-corrected chi connectivity index (χ1v) is 5.85. The van der Waals surface area contributed by atoms with E-state index in [1.165, 1.54) is 12.1 Å². The van der Waals surface area contributed by atoms with E-state index in [9.17, 15) is 9.18 Å². The topological polar surface area (TPSA) is 49.3 Å². The van der Waals surface area contributed by atoms with E-state index in [2.05, 4.69) is 5.32 Å². The second kappa shape index (κ2) is 7.79. The van der Waals surface area contributed by atoms with E-state index in [0.29, 0.717) is 0 Å². The minimum Gasteiger partial charge on any atom is -0.481 e. The van der Waals surface area contributed by atoms with Crippen molar-refractivity contribution >= 4 is 5.97 Å². The third kappa shape index (κ3) is 6.68. The summed E-state index contributed by atoms with van der Waals surface area (Å²) in [4.78, 5) is 10.3. The highest BCUT2D eigenvalue weighted by Gasteiger charge is 1.97. The first-order chi connectivity index (χ1) is 8.18. The number of unbranched alkanes of at least 4 members (excludes halogenated alkanes) is 2. The minimum atomic E-state index is -0.732. The molecule has 1 aromatic rings. The van der Waals surface area contributed by atoms with E-state index >= 15 is 0 Å². The zero-order chi connectivity index (χ0) is 12.5. The molecule has 0 saturated carbocycles. The summed E-state index contributed by atoms with van der Waals surface area (Å²) in [6.07, 6.45) is 2.86. The molecule has 0 saturated heterocycles. The Labute approximate surface area is 101 Å². The van der Waals surface area contributed by atoms with Gasteiger partial charge < -0.3 is 10.4 Å². The zero-order valence-electron chi connectivity index (χ0n) is 9.79. The van der Waals surface area contributed by atoms with E-state index < -0.39 is 5.97 Å². The Kier molecular flexibility index (Phi) is 6.25. The molecule has 0 atom stereocenters. The maximum absolute atomic E-state index is 12.6. The Hall–Kier alpha value is -1.42. The van der Waals surface area contributed by atoms with Crippen LogP contribution in [0, 0.1) is 5.82 Å². The molecular weight excluding hydrogens is 221 g/mol.